The van der Waals surface area contributed by atoms with Crippen LogP contribution < -0.4 is 10.0 Å². The van der Waals surface area contributed by atoms with E-state index in [1.807, 2.05) is 47.1 Å². The third-order valence-corrected chi connectivity index (χ3v) is 8.10. The summed E-state index contributed by atoms with van der Waals surface area (Å²) < 4.78 is 22.9. The van der Waals surface area contributed by atoms with E-state index in [0.717, 1.165) is 56.6 Å². The maximum absolute atomic E-state index is 13.0. The molecule has 36 heavy (non-hydrogen) atoms. The Kier molecular flexibility index (Phi) is 8.43. The molecule has 1 saturated carbocycles. The number of para-hydroxylation sites is 1. The van der Waals surface area contributed by atoms with E-state index in [1.54, 1.807) is 12.1 Å². The molecule has 194 valence electrons. The van der Waals surface area contributed by atoms with Crippen LogP contribution in [0.2, 0.25) is 0 Å². The number of piperidine rings is 1. The average molecular weight is 513 g/mol. The van der Waals surface area contributed by atoms with E-state index in [2.05, 4.69) is 4.90 Å². The summed E-state index contributed by atoms with van der Waals surface area (Å²) >= 11 is 0. The summed E-state index contributed by atoms with van der Waals surface area (Å²) in [5.74, 6) is 0.455. The van der Waals surface area contributed by atoms with E-state index in [0.29, 0.717) is 13.1 Å². The van der Waals surface area contributed by atoms with Crippen molar-refractivity contribution in [1.29, 1.82) is 0 Å². The molecule has 9 heteroatoms. The maximum Gasteiger partial charge on any atom is 0.238 e. The van der Waals surface area contributed by atoms with Gasteiger partial charge in [0.1, 0.15) is 0 Å². The summed E-state index contributed by atoms with van der Waals surface area (Å²) in [5, 5.41) is 5.16. The Hall–Kier alpha value is -2.75. The van der Waals surface area contributed by atoms with Crippen LogP contribution in [-0.4, -0.2) is 68.8 Å². The number of hydrogen-bond donors (Lipinski definition) is 1. The van der Waals surface area contributed by atoms with Gasteiger partial charge in [-0.3, -0.25) is 9.59 Å². The summed E-state index contributed by atoms with van der Waals surface area (Å²) in [7, 11) is -3.75. The van der Waals surface area contributed by atoms with Crippen molar-refractivity contribution in [3.05, 3.63) is 60.2 Å². The van der Waals surface area contributed by atoms with E-state index in [1.165, 1.54) is 12.1 Å². The molecule has 1 heterocycles. The number of benzene rings is 2. The summed E-state index contributed by atoms with van der Waals surface area (Å²) in [5.41, 5.74) is 1.73. The Morgan fingerprint density at radius 2 is 1.61 bits per heavy atom. The Bertz CT molecular complexity index is 1140. The highest BCUT2D eigenvalue weighted by molar-refractivity contribution is 7.89. The normalized spacial score (nSPS) is 17.1. The minimum atomic E-state index is -3.75. The smallest absolute Gasteiger partial charge is 0.238 e. The number of rotatable bonds is 10. The SMILES string of the molecule is CCN(C(=O)Cc1ccc(S(N)(=O)=O)cc1)C1CCN(CCN(C(=O)C2CC2)c2ccccc2)CC1. The minimum absolute atomic E-state index is 0.0445. The van der Waals surface area contributed by atoms with Crippen molar-refractivity contribution < 1.29 is 18.0 Å². The second kappa shape index (κ2) is 11.5. The van der Waals surface area contributed by atoms with Gasteiger partial charge in [0, 0.05) is 50.4 Å². The van der Waals surface area contributed by atoms with Gasteiger partial charge in [-0.25, -0.2) is 13.6 Å². The standard InChI is InChI=1S/C27H36N4O4S/c1-2-30(26(32)20-21-8-12-25(13-9-21)36(28,34)35)24-14-16-29(17-15-24)18-19-31(27(33)22-10-11-22)23-6-4-3-5-7-23/h3-9,12-13,22,24H,2,10-11,14-20H2,1H3,(H2,28,34,35). The zero-order valence-corrected chi connectivity index (χ0v) is 21.7. The number of sulfonamides is 1. The lowest BCUT2D eigenvalue weighted by molar-refractivity contribution is -0.133. The zero-order valence-electron chi connectivity index (χ0n) is 20.9. The third-order valence-electron chi connectivity index (χ3n) is 7.17. The number of carbonyl (C=O) groups is 2. The number of anilines is 1. The summed E-state index contributed by atoms with van der Waals surface area (Å²) in [6.07, 6.45) is 4.00. The fraction of sp³-hybridized carbons (Fsp3) is 0.481. The number of primary sulfonamides is 1. The molecule has 2 amide bonds. The molecule has 0 spiro atoms. The van der Waals surface area contributed by atoms with Crippen LogP contribution in [0.1, 0.15) is 38.2 Å². The monoisotopic (exact) mass is 512 g/mol. The van der Waals surface area contributed by atoms with Crippen LogP contribution in [0.4, 0.5) is 5.69 Å². The van der Waals surface area contributed by atoms with Gasteiger partial charge in [0.15, 0.2) is 0 Å². The van der Waals surface area contributed by atoms with Crippen LogP contribution >= 0.6 is 0 Å². The van der Waals surface area contributed by atoms with E-state index >= 15 is 0 Å². The summed E-state index contributed by atoms with van der Waals surface area (Å²) in [4.78, 5) is 32.2. The zero-order chi connectivity index (χ0) is 25.7. The first-order valence-electron chi connectivity index (χ1n) is 12.8. The molecule has 2 aromatic carbocycles. The van der Waals surface area contributed by atoms with Gasteiger partial charge in [-0.1, -0.05) is 30.3 Å². The number of hydrogen-bond acceptors (Lipinski definition) is 5. The van der Waals surface area contributed by atoms with Crippen LogP contribution in [0.3, 0.4) is 0 Å². The van der Waals surface area contributed by atoms with Crippen LogP contribution in [0.5, 0.6) is 0 Å². The van der Waals surface area contributed by atoms with E-state index in [4.69, 9.17) is 5.14 Å². The predicted molar refractivity (Wildman–Crippen MR) is 140 cm³/mol. The van der Waals surface area contributed by atoms with Crippen molar-refractivity contribution in [2.45, 2.75) is 50.0 Å². The highest BCUT2D eigenvalue weighted by atomic mass is 32.2. The van der Waals surface area contributed by atoms with Gasteiger partial charge in [0.25, 0.3) is 0 Å². The Balaban J connectivity index is 1.29. The lowest BCUT2D eigenvalue weighted by atomic mass is 10.0. The molecule has 0 atom stereocenters. The minimum Gasteiger partial charge on any atom is -0.340 e. The highest BCUT2D eigenvalue weighted by Crippen LogP contribution is 2.32. The highest BCUT2D eigenvalue weighted by Gasteiger charge is 2.34. The largest absolute Gasteiger partial charge is 0.340 e. The van der Waals surface area contributed by atoms with Crippen LogP contribution in [0.15, 0.2) is 59.5 Å². The molecule has 1 aliphatic heterocycles. The third kappa shape index (κ3) is 6.72. The van der Waals surface area contributed by atoms with Crippen molar-refractivity contribution in [3.8, 4) is 0 Å². The number of carbonyl (C=O) groups excluding carboxylic acids is 2. The first-order chi connectivity index (χ1) is 17.3. The van der Waals surface area contributed by atoms with Gasteiger partial charge in [-0.05, 0) is 62.4 Å². The fourth-order valence-electron chi connectivity index (χ4n) is 4.93. The predicted octanol–water partition coefficient (Wildman–Crippen LogP) is 2.63. The second-order valence-corrected chi connectivity index (χ2v) is 11.3. The molecule has 2 fully saturated rings. The molecular weight excluding hydrogens is 476 g/mol. The van der Waals surface area contributed by atoms with E-state index in [-0.39, 0.29) is 35.1 Å². The Labute approximate surface area is 214 Å². The first-order valence-corrected chi connectivity index (χ1v) is 14.3. The van der Waals surface area contributed by atoms with Crippen molar-refractivity contribution in [2.24, 2.45) is 11.1 Å². The van der Waals surface area contributed by atoms with Crippen LogP contribution in [0.25, 0.3) is 0 Å². The van der Waals surface area contributed by atoms with E-state index < -0.39 is 10.0 Å². The topological polar surface area (TPSA) is 104 Å². The molecule has 0 unspecified atom stereocenters. The van der Waals surface area contributed by atoms with Gasteiger partial charge in [0.2, 0.25) is 21.8 Å². The Morgan fingerprint density at radius 3 is 2.17 bits per heavy atom. The number of likely N-dealkylation sites (N-methyl/N-ethyl adjacent to an activating group) is 1. The molecule has 8 nitrogen and oxygen atoms in total. The second-order valence-electron chi connectivity index (χ2n) is 9.72. The summed E-state index contributed by atoms with van der Waals surface area (Å²) in [6, 6.07) is 16.3. The number of amides is 2. The molecule has 2 aromatic rings. The number of nitrogens with two attached hydrogens (primary N) is 1. The van der Waals surface area contributed by atoms with Crippen molar-refractivity contribution in [2.75, 3.05) is 37.6 Å². The first kappa shape index (κ1) is 26.3. The lowest BCUT2D eigenvalue weighted by Gasteiger charge is -2.39. The molecule has 2 N–H and O–H groups in total. The number of nitrogens with zero attached hydrogens (tertiary/aromatic N) is 3. The molecule has 1 aliphatic carbocycles. The molecule has 2 aliphatic rings. The van der Waals surface area contributed by atoms with Gasteiger partial charge in [-0.2, -0.15) is 0 Å². The Morgan fingerprint density at radius 1 is 0.972 bits per heavy atom. The molecule has 0 aromatic heterocycles. The molecule has 4 rings (SSSR count). The van der Waals surface area contributed by atoms with Crippen molar-refractivity contribution >= 4 is 27.5 Å². The molecule has 0 bridgehead atoms. The van der Waals surface area contributed by atoms with Gasteiger partial charge < -0.3 is 14.7 Å². The number of likely N-dealkylation sites (tertiary alicyclic amines) is 1. The average Bonchev–Trinajstić information content (AvgIpc) is 3.71. The maximum atomic E-state index is 13.0. The van der Waals surface area contributed by atoms with Crippen LogP contribution in [0, 0.1) is 5.92 Å². The summed E-state index contributed by atoms with van der Waals surface area (Å²) in [6.45, 7) is 5.90. The fourth-order valence-corrected chi connectivity index (χ4v) is 5.45. The van der Waals surface area contributed by atoms with E-state index in [9.17, 15) is 18.0 Å². The molecule has 1 saturated heterocycles. The van der Waals surface area contributed by atoms with Crippen molar-refractivity contribution in [1.82, 2.24) is 9.80 Å². The van der Waals surface area contributed by atoms with Crippen molar-refractivity contribution in [3.63, 3.8) is 0 Å². The molecular formula is C27H36N4O4S. The van der Waals surface area contributed by atoms with Gasteiger partial charge in [0.05, 0.1) is 11.3 Å². The van der Waals surface area contributed by atoms with Gasteiger partial charge >= 0.3 is 0 Å². The quantitative estimate of drug-likeness (QED) is 0.527. The van der Waals surface area contributed by atoms with Crippen LogP contribution in [-0.2, 0) is 26.0 Å². The van der Waals surface area contributed by atoms with Gasteiger partial charge in [-0.15, -0.1) is 0 Å². The lowest BCUT2D eigenvalue weighted by Crippen LogP contribution is -2.49. The molecule has 0 radical (unpaired) electrons.